The lowest BCUT2D eigenvalue weighted by atomic mass is 9.81. The minimum atomic E-state index is -4.20. The van der Waals surface area contributed by atoms with Gasteiger partial charge < -0.3 is 15.3 Å². The lowest BCUT2D eigenvalue weighted by molar-refractivity contribution is -0.149. The summed E-state index contributed by atoms with van der Waals surface area (Å²) in [6, 6.07) is -0.386. The Morgan fingerprint density at radius 2 is 2.14 bits per heavy atom. The highest BCUT2D eigenvalue weighted by Gasteiger charge is 2.55. The molecular weight excluding hydrogens is 321 g/mol. The van der Waals surface area contributed by atoms with Gasteiger partial charge in [0.05, 0.1) is 11.2 Å². The van der Waals surface area contributed by atoms with Crippen molar-refractivity contribution in [2.45, 2.75) is 25.4 Å². The summed E-state index contributed by atoms with van der Waals surface area (Å²) in [6.45, 7) is 0.739. The second-order valence-electron chi connectivity index (χ2n) is 5.83. The first-order valence-corrected chi connectivity index (χ1v) is 8.31. The fourth-order valence-electron chi connectivity index (χ4n) is 3.32. The molecule has 2 amide bonds. The molecule has 9 heteroatoms. The van der Waals surface area contributed by atoms with Crippen molar-refractivity contribution in [3.05, 3.63) is 0 Å². The van der Waals surface area contributed by atoms with E-state index in [2.05, 4.69) is 5.32 Å². The van der Waals surface area contributed by atoms with Crippen molar-refractivity contribution in [3.8, 4) is 0 Å². The largest absolute Gasteiger partial charge is 0.481 e. The molecule has 0 spiro atoms. The van der Waals surface area contributed by atoms with Crippen LogP contribution in [0.4, 0.5) is 18.0 Å². The van der Waals surface area contributed by atoms with Crippen LogP contribution in [0.15, 0.2) is 0 Å². The lowest BCUT2D eigenvalue weighted by Gasteiger charge is -2.23. The number of thioether (sulfide) groups is 1. The van der Waals surface area contributed by atoms with Gasteiger partial charge in [0.15, 0.2) is 0 Å². The number of rotatable bonds is 5. The zero-order chi connectivity index (χ0) is 16.4. The Morgan fingerprint density at radius 3 is 2.73 bits per heavy atom. The number of halogens is 3. The van der Waals surface area contributed by atoms with Crippen molar-refractivity contribution in [2.75, 3.05) is 31.1 Å². The second-order valence-corrected chi connectivity index (χ2v) is 6.94. The fraction of sp³-hybridized carbons (Fsp3) is 0.846. The van der Waals surface area contributed by atoms with Crippen LogP contribution in [0.1, 0.15) is 19.3 Å². The Balaban J connectivity index is 1.74. The maximum atomic E-state index is 12.0. The average molecular weight is 340 g/mol. The first kappa shape index (κ1) is 17.2. The smallest absolute Gasteiger partial charge is 0.397 e. The second kappa shape index (κ2) is 6.55. The Morgan fingerprint density at radius 1 is 1.41 bits per heavy atom. The number of carbonyl (C=O) groups is 2. The van der Waals surface area contributed by atoms with Crippen molar-refractivity contribution < 1.29 is 27.9 Å². The van der Waals surface area contributed by atoms with Gasteiger partial charge in [-0.3, -0.25) is 4.79 Å². The van der Waals surface area contributed by atoms with E-state index in [9.17, 15) is 27.9 Å². The monoisotopic (exact) mass is 340 g/mol. The molecule has 0 aromatic rings. The predicted octanol–water partition coefficient (Wildman–Crippen LogP) is 2.18. The van der Waals surface area contributed by atoms with E-state index in [1.165, 1.54) is 4.90 Å². The first-order chi connectivity index (χ1) is 10.2. The Bertz CT molecular complexity index is 447. The Kier molecular flexibility index (Phi) is 5.14. The number of carboxylic acid groups (broad SMARTS) is 1. The molecule has 0 bridgehead atoms. The summed E-state index contributed by atoms with van der Waals surface area (Å²) in [4.78, 5) is 25.0. The third-order valence-corrected chi connectivity index (χ3v) is 5.40. The molecule has 2 fully saturated rings. The third-order valence-electron chi connectivity index (χ3n) is 4.37. The minimum Gasteiger partial charge on any atom is -0.481 e. The van der Waals surface area contributed by atoms with Crippen molar-refractivity contribution in [2.24, 2.45) is 11.3 Å². The maximum absolute atomic E-state index is 12.0. The van der Waals surface area contributed by atoms with E-state index in [4.69, 9.17) is 0 Å². The first-order valence-electron chi connectivity index (χ1n) is 7.15. The average Bonchev–Trinajstić information content (AvgIpc) is 2.93. The van der Waals surface area contributed by atoms with Crippen LogP contribution in [0.5, 0.6) is 0 Å². The number of aliphatic carboxylic acids is 1. The van der Waals surface area contributed by atoms with E-state index in [0.717, 1.165) is 12.8 Å². The number of likely N-dealkylation sites (tertiary alicyclic amines) is 1. The lowest BCUT2D eigenvalue weighted by Crippen LogP contribution is -2.42. The van der Waals surface area contributed by atoms with Crippen molar-refractivity contribution in [3.63, 3.8) is 0 Å². The van der Waals surface area contributed by atoms with Gasteiger partial charge in [-0.15, -0.1) is 0 Å². The number of carbonyl (C=O) groups excluding carboxylic acids is 1. The van der Waals surface area contributed by atoms with E-state index in [-0.39, 0.29) is 30.8 Å². The van der Waals surface area contributed by atoms with Crippen LogP contribution in [-0.4, -0.2) is 59.3 Å². The highest BCUT2D eigenvalue weighted by molar-refractivity contribution is 7.99. The van der Waals surface area contributed by atoms with Crippen molar-refractivity contribution in [1.82, 2.24) is 10.2 Å². The summed E-state index contributed by atoms with van der Waals surface area (Å²) >= 11 is 0.713. The number of amides is 2. The van der Waals surface area contributed by atoms with Crippen LogP contribution in [-0.2, 0) is 4.79 Å². The standard InChI is InChI=1S/C13H19F3N2O3S/c14-13(15,16)8-22-5-4-17-11(21)18-6-9-2-1-3-12(9,7-18)10(19)20/h9H,1-8H2,(H,17,21)(H,19,20)/t9-,12+/m0/s1. The van der Waals surface area contributed by atoms with E-state index < -0.39 is 23.3 Å². The number of nitrogens with one attached hydrogen (secondary N) is 1. The third kappa shape index (κ3) is 3.80. The molecule has 126 valence electrons. The maximum Gasteiger partial charge on any atom is 0.397 e. The molecule has 1 heterocycles. The van der Waals surface area contributed by atoms with Crippen LogP contribution in [0.25, 0.3) is 0 Å². The predicted molar refractivity (Wildman–Crippen MR) is 75.8 cm³/mol. The van der Waals surface area contributed by atoms with Crippen LogP contribution in [0.3, 0.4) is 0 Å². The normalized spacial score (nSPS) is 27.8. The topological polar surface area (TPSA) is 69.6 Å². The molecule has 2 aliphatic rings. The van der Waals surface area contributed by atoms with Crippen molar-refractivity contribution >= 4 is 23.8 Å². The van der Waals surface area contributed by atoms with Gasteiger partial charge in [-0.25, -0.2) is 4.79 Å². The zero-order valence-corrected chi connectivity index (χ0v) is 12.8. The molecule has 1 aliphatic carbocycles. The number of urea groups is 1. The van der Waals surface area contributed by atoms with Crippen LogP contribution >= 0.6 is 11.8 Å². The van der Waals surface area contributed by atoms with Crippen molar-refractivity contribution in [1.29, 1.82) is 0 Å². The molecule has 0 radical (unpaired) electrons. The summed E-state index contributed by atoms with van der Waals surface area (Å²) in [6.07, 6.45) is -1.95. The van der Waals surface area contributed by atoms with Gasteiger partial charge in [0.25, 0.3) is 0 Å². The highest BCUT2D eigenvalue weighted by atomic mass is 32.2. The molecule has 1 saturated carbocycles. The number of nitrogens with zero attached hydrogens (tertiary/aromatic N) is 1. The number of hydrogen-bond acceptors (Lipinski definition) is 3. The van der Waals surface area contributed by atoms with E-state index >= 15 is 0 Å². The minimum absolute atomic E-state index is 0.0182. The van der Waals surface area contributed by atoms with Gasteiger partial charge in [0.2, 0.25) is 0 Å². The van der Waals surface area contributed by atoms with Gasteiger partial charge in [0.1, 0.15) is 0 Å². The van der Waals surface area contributed by atoms with Gasteiger partial charge in [-0.1, -0.05) is 6.42 Å². The quantitative estimate of drug-likeness (QED) is 0.753. The summed E-state index contributed by atoms with van der Waals surface area (Å²) in [5.74, 6) is -1.63. The molecule has 2 atom stereocenters. The SMILES string of the molecule is O=C(NCCSCC(F)(F)F)N1C[C@@H]2CCC[C@@]2(C(=O)O)C1. The zero-order valence-electron chi connectivity index (χ0n) is 12.0. The Hall–Kier alpha value is -1.12. The highest BCUT2D eigenvalue weighted by Crippen LogP contribution is 2.48. The number of carboxylic acids is 1. The molecule has 22 heavy (non-hydrogen) atoms. The summed E-state index contributed by atoms with van der Waals surface area (Å²) < 4.78 is 35.9. The number of alkyl halides is 3. The summed E-state index contributed by atoms with van der Waals surface area (Å²) in [7, 11) is 0. The molecule has 1 saturated heterocycles. The molecule has 5 nitrogen and oxygen atoms in total. The van der Waals surface area contributed by atoms with E-state index in [1.54, 1.807) is 0 Å². The molecule has 0 aromatic carbocycles. The van der Waals surface area contributed by atoms with E-state index in [1.807, 2.05) is 0 Å². The summed E-state index contributed by atoms with van der Waals surface area (Å²) in [5.41, 5.74) is -0.831. The molecular formula is C13H19F3N2O3S. The van der Waals surface area contributed by atoms with Crippen LogP contribution < -0.4 is 5.32 Å². The molecule has 0 aromatic heterocycles. The van der Waals surface area contributed by atoms with E-state index in [0.29, 0.717) is 24.7 Å². The molecule has 2 rings (SSSR count). The number of fused-ring (bicyclic) bond motifs is 1. The van der Waals surface area contributed by atoms with Crippen LogP contribution in [0, 0.1) is 11.3 Å². The Labute approximate surface area is 130 Å². The van der Waals surface area contributed by atoms with Gasteiger partial charge >= 0.3 is 18.2 Å². The van der Waals surface area contributed by atoms with Gasteiger partial charge in [0, 0.05) is 25.4 Å². The van der Waals surface area contributed by atoms with Gasteiger partial charge in [-0.2, -0.15) is 24.9 Å². The molecule has 1 aliphatic heterocycles. The van der Waals surface area contributed by atoms with Gasteiger partial charge in [-0.05, 0) is 18.8 Å². The number of hydrogen-bond donors (Lipinski definition) is 2. The summed E-state index contributed by atoms with van der Waals surface area (Å²) in [5, 5.41) is 12.0. The fourth-order valence-corrected chi connectivity index (χ4v) is 3.95. The molecule has 2 N–H and O–H groups in total. The molecule has 0 unspecified atom stereocenters. The van der Waals surface area contributed by atoms with Crippen LogP contribution in [0.2, 0.25) is 0 Å².